The fourth-order valence-electron chi connectivity index (χ4n) is 2.59. The molecule has 0 saturated carbocycles. The Morgan fingerprint density at radius 2 is 2.21 bits per heavy atom. The van der Waals surface area contributed by atoms with Crippen LogP contribution in [0.25, 0.3) is 5.65 Å². The number of hydrogen-bond donors (Lipinski definition) is 1. The maximum absolute atomic E-state index is 5.93. The highest BCUT2D eigenvalue weighted by Crippen LogP contribution is 2.35. The lowest BCUT2D eigenvalue weighted by molar-refractivity contribution is 0.455. The van der Waals surface area contributed by atoms with Crippen LogP contribution in [0.4, 0.5) is 5.82 Å². The molecule has 0 aromatic carbocycles. The summed E-state index contributed by atoms with van der Waals surface area (Å²) in [6, 6.07) is 0. The second-order valence-electron chi connectivity index (χ2n) is 4.89. The van der Waals surface area contributed by atoms with E-state index in [4.69, 9.17) is 5.73 Å². The van der Waals surface area contributed by atoms with E-state index < -0.39 is 0 Å². The molecule has 0 aliphatic carbocycles. The van der Waals surface area contributed by atoms with Crippen LogP contribution in [0.5, 0.6) is 0 Å². The van der Waals surface area contributed by atoms with Crippen molar-refractivity contribution < 1.29 is 0 Å². The van der Waals surface area contributed by atoms with Crippen molar-refractivity contribution in [2.75, 3.05) is 30.8 Å². The summed E-state index contributed by atoms with van der Waals surface area (Å²) in [5, 5.41) is 8.09. The van der Waals surface area contributed by atoms with Gasteiger partial charge in [0, 0.05) is 36.8 Å². The predicted molar refractivity (Wildman–Crippen MR) is 77.5 cm³/mol. The maximum atomic E-state index is 5.93. The van der Waals surface area contributed by atoms with Gasteiger partial charge in [-0.1, -0.05) is 0 Å². The van der Waals surface area contributed by atoms with Crippen LogP contribution < -0.4 is 10.6 Å². The molecule has 1 fully saturated rings. The Hall–Kier alpha value is -1.34. The number of aromatic nitrogens is 4. The summed E-state index contributed by atoms with van der Waals surface area (Å²) in [6.45, 7) is 2.68. The molecule has 3 rings (SSSR count). The van der Waals surface area contributed by atoms with Crippen molar-refractivity contribution in [1.82, 2.24) is 19.6 Å². The lowest BCUT2D eigenvalue weighted by Gasteiger charge is -2.40. The zero-order valence-electron chi connectivity index (χ0n) is 11.0. The highest BCUT2D eigenvalue weighted by atomic mass is 32.2. The molecule has 6 nitrogen and oxygen atoms in total. The van der Waals surface area contributed by atoms with Crippen LogP contribution in [0.2, 0.25) is 0 Å². The van der Waals surface area contributed by atoms with Gasteiger partial charge in [0.15, 0.2) is 5.82 Å². The summed E-state index contributed by atoms with van der Waals surface area (Å²) in [4.78, 5) is 6.75. The number of fused-ring (bicyclic) bond motifs is 1. The summed E-state index contributed by atoms with van der Waals surface area (Å²) < 4.78 is 2.14. The molecular weight excluding hydrogens is 260 g/mol. The van der Waals surface area contributed by atoms with Gasteiger partial charge in [0.25, 0.3) is 0 Å². The summed E-state index contributed by atoms with van der Waals surface area (Å²) in [5.41, 5.74) is 6.75. The number of hydrogen-bond acceptors (Lipinski definition) is 6. The SMILES string of the molecule is CSC1(CN)CCN(c2nccn3cnnc23)CC1. The van der Waals surface area contributed by atoms with Crippen molar-refractivity contribution in [2.45, 2.75) is 17.6 Å². The minimum atomic E-state index is 0.231. The first-order valence-corrected chi connectivity index (χ1v) is 7.65. The molecule has 0 atom stereocenters. The Labute approximate surface area is 116 Å². The van der Waals surface area contributed by atoms with Gasteiger partial charge >= 0.3 is 0 Å². The van der Waals surface area contributed by atoms with E-state index in [0.717, 1.165) is 43.9 Å². The third-order valence-electron chi connectivity index (χ3n) is 3.98. The number of anilines is 1. The molecule has 0 unspecified atom stereocenters. The summed E-state index contributed by atoms with van der Waals surface area (Å²) in [6.07, 6.45) is 9.69. The van der Waals surface area contributed by atoms with E-state index in [1.807, 2.05) is 22.4 Å². The number of nitrogens with zero attached hydrogens (tertiary/aromatic N) is 5. The first-order chi connectivity index (χ1) is 9.28. The molecular formula is C12H18N6S. The van der Waals surface area contributed by atoms with Crippen LogP contribution in [0, 0.1) is 0 Å². The van der Waals surface area contributed by atoms with Gasteiger partial charge in [-0.05, 0) is 19.1 Å². The number of piperidine rings is 1. The zero-order valence-corrected chi connectivity index (χ0v) is 11.8. The molecule has 0 amide bonds. The molecule has 0 bridgehead atoms. The van der Waals surface area contributed by atoms with Gasteiger partial charge in [-0.2, -0.15) is 11.8 Å². The van der Waals surface area contributed by atoms with Gasteiger partial charge in [-0.25, -0.2) is 4.98 Å². The molecule has 19 heavy (non-hydrogen) atoms. The van der Waals surface area contributed by atoms with Gasteiger partial charge in [-0.3, -0.25) is 4.40 Å². The lowest BCUT2D eigenvalue weighted by atomic mass is 9.96. The van der Waals surface area contributed by atoms with Crippen molar-refractivity contribution in [3.8, 4) is 0 Å². The van der Waals surface area contributed by atoms with Crippen molar-refractivity contribution in [2.24, 2.45) is 5.73 Å². The van der Waals surface area contributed by atoms with E-state index in [1.54, 1.807) is 12.5 Å². The molecule has 102 valence electrons. The lowest BCUT2D eigenvalue weighted by Crippen LogP contribution is -2.46. The monoisotopic (exact) mass is 278 g/mol. The van der Waals surface area contributed by atoms with Gasteiger partial charge in [0.2, 0.25) is 5.65 Å². The van der Waals surface area contributed by atoms with E-state index in [-0.39, 0.29) is 4.75 Å². The fraction of sp³-hybridized carbons (Fsp3) is 0.583. The predicted octanol–water partition coefficient (Wildman–Crippen LogP) is 0.785. The third kappa shape index (κ3) is 2.17. The molecule has 0 radical (unpaired) electrons. The molecule has 2 N–H and O–H groups in total. The second-order valence-corrected chi connectivity index (χ2v) is 6.17. The van der Waals surface area contributed by atoms with Gasteiger partial charge in [0.05, 0.1) is 0 Å². The van der Waals surface area contributed by atoms with Crippen molar-refractivity contribution >= 4 is 23.2 Å². The second kappa shape index (κ2) is 4.97. The average Bonchev–Trinajstić information content (AvgIpc) is 2.96. The van der Waals surface area contributed by atoms with Crippen LogP contribution in [0.1, 0.15) is 12.8 Å². The zero-order chi connectivity index (χ0) is 13.3. The van der Waals surface area contributed by atoms with Crippen molar-refractivity contribution in [1.29, 1.82) is 0 Å². The summed E-state index contributed by atoms with van der Waals surface area (Å²) in [7, 11) is 0. The Balaban J connectivity index is 1.84. The quantitative estimate of drug-likeness (QED) is 0.894. The van der Waals surface area contributed by atoms with E-state index >= 15 is 0 Å². The van der Waals surface area contributed by atoms with Gasteiger partial charge in [-0.15, -0.1) is 10.2 Å². The Kier molecular flexibility index (Phi) is 3.32. The van der Waals surface area contributed by atoms with Crippen LogP contribution in [0.15, 0.2) is 18.7 Å². The minimum Gasteiger partial charge on any atom is -0.353 e. The number of rotatable bonds is 3. The van der Waals surface area contributed by atoms with Crippen molar-refractivity contribution in [3.05, 3.63) is 18.7 Å². The highest BCUT2D eigenvalue weighted by Gasteiger charge is 2.33. The molecule has 3 heterocycles. The summed E-state index contributed by atoms with van der Waals surface area (Å²) >= 11 is 1.89. The minimum absolute atomic E-state index is 0.231. The van der Waals surface area contributed by atoms with E-state index in [2.05, 4.69) is 26.3 Å². The molecule has 0 spiro atoms. The van der Waals surface area contributed by atoms with E-state index in [0.29, 0.717) is 0 Å². The smallest absolute Gasteiger partial charge is 0.203 e. The highest BCUT2D eigenvalue weighted by molar-refractivity contribution is 8.00. The molecule has 1 saturated heterocycles. The number of nitrogens with two attached hydrogens (primary N) is 1. The molecule has 2 aromatic rings. The van der Waals surface area contributed by atoms with E-state index in [9.17, 15) is 0 Å². The molecule has 1 aliphatic rings. The normalized spacial score (nSPS) is 18.9. The number of thioether (sulfide) groups is 1. The summed E-state index contributed by atoms with van der Waals surface area (Å²) in [5.74, 6) is 0.923. The van der Waals surface area contributed by atoms with Gasteiger partial charge < -0.3 is 10.6 Å². The Morgan fingerprint density at radius 1 is 1.42 bits per heavy atom. The maximum Gasteiger partial charge on any atom is 0.203 e. The van der Waals surface area contributed by atoms with Crippen molar-refractivity contribution in [3.63, 3.8) is 0 Å². The van der Waals surface area contributed by atoms with Crippen LogP contribution in [-0.4, -0.2) is 50.2 Å². The molecule has 2 aromatic heterocycles. The molecule has 7 heteroatoms. The van der Waals surface area contributed by atoms with Crippen LogP contribution in [0.3, 0.4) is 0 Å². The van der Waals surface area contributed by atoms with Crippen LogP contribution >= 0.6 is 11.8 Å². The molecule has 1 aliphatic heterocycles. The van der Waals surface area contributed by atoms with Crippen LogP contribution in [-0.2, 0) is 0 Å². The Morgan fingerprint density at radius 3 is 2.89 bits per heavy atom. The first-order valence-electron chi connectivity index (χ1n) is 6.42. The van der Waals surface area contributed by atoms with Gasteiger partial charge in [0.1, 0.15) is 6.33 Å². The third-order valence-corrected chi connectivity index (χ3v) is 5.42. The first kappa shape index (κ1) is 12.7. The average molecular weight is 278 g/mol. The standard InChI is InChI=1S/C12H18N6S/c1-19-12(8-13)2-5-17(6-3-12)10-11-16-15-9-18(11)7-4-14-10/h4,7,9H,2-3,5-6,8,13H2,1H3. The Bertz CT molecular complexity index is 554. The largest absolute Gasteiger partial charge is 0.353 e. The van der Waals surface area contributed by atoms with E-state index in [1.165, 1.54) is 0 Å². The fourth-order valence-corrected chi connectivity index (χ4v) is 3.34. The topological polar surface area (TPSA) is 72.3 Å².